The second-order valence-corrected chi connectivity index (χ2v) is 6.15. The fraction of sp³-hybridized carbons (Fsp3) is 0.588. The molecule has 1 fully saturated rings. The van der Waals surface area contributed by atoms with Crippen LogP contribution in [-0.2, 0) is 17.7 Å². The molecule has 0 radical (unpaired) electrons. The Bertz CT molecular complexity index is 734. The minimum Gasteiger partial charge on any atom is -0.381 e. The maximum absolute atomic E-state index is 12.2. The number of nitrogens with zero attached hydrogens (tertiary/aromatic N) is 3. The lowest BCUT2D eigenvalue weighted by Gasteiger charge is -2.26. The molecule has 0 aliphatic carbocycles. The van der Waals surface area contributed by atoms with Crippen LogP contribution in [0.2, 0.25) is 0 Å². The molecule has 7 heteroatoms. The lowest BCUT2D eigenvalue weighted by Crippen LogP contribution is -2.30. The van der Waals surface area contributed by atoms with E-state index in [9.17, 15) is 4.79 Å². The van der Waals surface area contributed by atoms with Gasteiger partial charge < -0.3 is 15.8 Å². The summed E-state index contributed by atoms with van der Waals surface area (Å²) in [6.45, 7) is 6.29. The average molecular weight is 331 g/mol. The number of rotatable bonds is 6. The molecule has 0 spiro atoms. The number of nitrogens with two attached hydrogens (primary N) is 1. The van der Waals surface area contributed by atoms with Crippen molar-refractivity contribution in [2.45, 2.75) is 52.1 Å². The first-order chi connectivity index (χ1) is 11.7. The Hall–Kier alpha value is -2.15. The Kier molecular flexibility index (Phi) is 4.99. The van der Waals surface area contributed by atoms with Gasteiger partial charge in [0, 0.05) is 25.8 Å². The van der Waals surface area contributed by atoms with Gasteiger partial charge in [-0.1, -0.05) is 13.3 Å². The first-order valence-electron chi connectivity index (χ1n) is 8.68. The molecule has 0 unspecified atom stereocenters. The van der Waals surface area contributed by atoms with Crippen molar-refractivity contribution in [2.75, 3.05) is 18.5 Å². The lowest BCUT2D eigenvalue weighted by molar-refractivity contribution is 0.0904. The number of carbonyl (C=O) groups excluding carboxylic acids is 1. The number of hydrogen-bond acceptors (Lipinski definition) is 5. The van der Waals surface area contributed by atoms with Crippen LogP contribution < -0.4 is 11.1 Å². The quantitative estimate of drug-likeness (QED) is 0.845. The third-order valence-corrected chi connectivity index (χ3v) is 4.46. The molecule has 0 saturated carbocycles. The van der Waals surface area contributed by atoms with Crippen molar-refractivity contribution >= 4 is 22.6 Å². The normalized spacial score (nSPS) is 15.8. The summed E-state index contributed by atoms with van der Waals surface area (Å²) in [7, 11) is 0. The summed E-state index contributed by atoms with van der Waals surface area (Å²) in [6.07, 6.45) is 5.21. The van der Waals surface area contributed by atoms with Crippen LogP contribution in [0.4, 0.5) is 5.69 Å². The van der Waals surface area contributed by atoms with Crippen LogP contribution >= 0.6 is 0 Å². The van der Waals surface area contributed by atoms with Gasteiger partial charge in [-0.05, 0) is 26.2 Å². The largest absolute Gasteiger partial charge is 0.381 e. The first kappa shape index (κ1) is 16.7. The summed E-state index contributed by atoms with van der Waals surface area (Å²) in [4.78, 5) is 16.9. The number of nitrogens with one attached hydrogen (secondary N) is 1. The van der Waals surface area contributed by atoms with Gasteiger partial charge in [0.1, 0.15) is 0 Å². The van der Waals surface area contributed by atoms with Crippen molar-refractivity contribution in [1.29, 1.82) is 0 Å². The molecule has 1 amide bonds. The topological polar surface area (TPSA) is 95.1 Å². The van der Waals surface area contributed by atoms with Crippen LogP contribution in [0, 0.1) is 0 Å². The van der Waals surface area contributed by atoms with E-state index in [-0.39, 0.29) is 6.04 Å². The standard InChI is InChI=1S/C17H25N5O2/c1-3-5-13-14(16(18)23)15(20-11-6-8-24-9-7-11)12-10-19-22(4-2)17(12)21-13/h10-11H,3-9H2,1-2H3,(H2,18,23)(H,20,21). The highest BCUT2D eigenvalue weighted by Gasteiger charge is 2.24. The molecular formula is C17H25N5O2. The van der Waals surface area contributed by atoms with Gasteiger partial charge in [0.05, 0.1) is 28.5 Å². The molecule has 1 saturated heterocycles. The van der Waals surface area contributed by atoms with E-state index < -0.39 is 5.91 Å². The van der Waals surface area contributed by atoms with Gasteiger partial charge in [0.25, 0.3) is 5.91 Å². The van der Waals surface area contributed by atoms with Crippen molar-refractivity contribution in [3.05, 3.63) is 17.5 Å². The van der Waals surface area contributed by atoms with Crippen LogP contribution in [0.1, 0.15) is 49.2 Å². The van der Waals surface area contributed by atoms with Gasteiger partial charge in [-0.15, -0.1) is 0 Å². The minimum absolute atomic E-state index is 0.266. The molecule has 3 heterocycles. The summed E-state index contributed by atoms with van der Waals surface area (Å²) in [5.41, 5.74) is 8.55. The van der Waals surface area contributed by atoms with Gasteiger partial charge in [-0.2, -0.15) is 5.10 Å². The third-order valence-electron chi connectivity index (χ3n) is 4.46. The molecule has 1 aliphatic rings. The summed E-state index contributed by atoms with van der Waals surface area (Å²) >= 11 is 0. The van der Waals surface area contributed by atoms with Crippen LogP contribution in [0.3, 0.4) is 0 Å². The molecule has 3 rings (SSSR count). The Morgan fingerprint density at radius 3 is 2.79 bits per heavy atom. The van der Waals surface area contributed by atoms with E-state index in [2.05, 4.69) is 17.3 Å². The number of aryl methyl sites for hydroxylation is 2. The number of carbonyl (C=O) groups is 1. The highest BCUT2D eigenvalue weighted by Crippen LogP contribution is 2.31. The predicted octanol–water partition coefficient (Wildman–Crippen LogP) is 2.09. The van der Waals surface area contributed by atoms with Crippen LogP contribution in [0.15, 0.2) is 6.20 Å². The molecule has 2 aromatic rings. The number of fused-ring (bicyclic) bond motifs is 1. The van der Waals surface area contributed by atoms with Gasteiger partial charge in [-0.25, -0.2) is 9.67 Å². The maximum Gasteiger partial charge on any atom is 0.252 e. The fourth-order valence-corrected chi connectivity index (χ4v) is 3.25. The second kappa shape index (κ2) is 7.17. The van der Waals surface area contributed by atoms with E-state index >= 15 is 0 Å². The van der Waals surface area contributed by atoms with E-state index in [1.165, 1.54) is 0 Å². The van der Waals surface area contributed by atoms with E-state index in [0.717, 1.165) is 61.4 Å². The SMILES string of the molecule is CCCc1nc2c(cnn2CC)c(NC2CCOCC2)c1C(N)=O. The second-order valence-electron chi connectivity index (χ2n) is 6.15. The lowest BCUT2D eigenvalue weighted by atomic mass is 10.0. The average Bonchev–Trinajstić information content (AvgIpc) is 2.98. The monoisotopic (exact) mass is 331 g/mol. The summed E-state index contributed by atoms with van der Waals surface area (Å²) in [5.74, 6) is -0.438. The highest BCUT2D eigenvalue weighted by molar-refractivity contribution is 6.07. The molecule has 130 valence electrons. The molecule has 0 aromatic carbocycles. The van der Waals surface area contributed by atoms with E-state index in [1.54, 1.807) is 6.20 Å². The molecule has 3 N–H and O–H groups in total. The number of pyridine rings is 1. The van der Waals surface area contributed by atoms with E-state index in [1.807, 2.05) is 11.6 Å². The number of amides is 1. The number of primary amides is 1. The van der Waals surface area contributed by atoms with Gasteiger partial charge in [0.15, 0.2) is 5.65 Å². The van der Waals surface area contributed by atoms with Crippen molar-refractivity contribution < 1.29 is 9.53 Å². The Balaban J connectivity index is 2.15. The predicted molar refractivity (Wildman–Crippen MR) is 93.2 cm³/mol. The first-order valence-corrected chi connectivity index (χ1v) is 8.68. The van der Waals surface area contributed by atoms with Crippen molar-refractivity contribution in [3.63, 3.8) is 0 Å². The Labute approximate surface area is 141 Å². The summed E-state index contributed by atoms with van der Waals surface area (Å²) in [6, 6.07) is 0.266. The molecule has 7 nitrogen and oxygen atoms in total. The van der Waals surface area contributed by atoms with Gasteiger partial charge >= 0.3 is 0 Å². The zero-order chi connectivity index (χ0) is 17.1. The molecule has 0 atom stereocenters. The van der Waals surface area contributed by atoms with Gasteiger partial charge in [-0.3, -0.25) is 4.79 Å². The number of aromatic nitrogens is 3. The van der Waals surface area contributed by atoms with E-state index in [4.69, 9.17) is 15.5 Å². The molecular weight excluding hydrogens is 306 g/mol. The number of anilines is 1. The van der Waals surface area contributed by atoms with Crippen molar-refractivity contribution in [1.82, 2.24) is 14.8 Å². The zero-order valence-corrected chi connectivity index (χ0v) is 14.3. The summed E-state index contributed by atoms with van der Waals surface area (Å²) in [5, 5.41) is 8.80. The van der Waals surface area contributed by atoms with Crippen molar-refractivity contribution in [3.8, 4) is 0 Å². The molecule has 0 bridgehead atoms. The van der Waals surface area contributed by atoms with Crippen LogP contribution in [-0.4, -0.2) is 39.9 Å². The fourth-order valence-electron chi connectivity index (χ4n) is 3.25. The van der Waals surface area contributed by atoms with Gasteiger partial charge in [0.2, 0.25) is 0 Å². The van der Waals surface area contributed by atoms with Crippen molar-refractivity contribution in [2.24, 2.45) is 5.73 Å². The van der Waals surface area contributed by atoms with Crippen LogP contribution in [0.25, 0.3) is 11.0 Å². The molecule has 2 aromatic heterocycles. The maximum atomic E-state index is 12.2. The minimum atomic E-state index is -0.438. The zero-order valence-electron chi connectivity index (χ0n) is 14.3. The smallest absolute Gasteiger partial charge is 0.252 e. The number of ether oxygens (including phenoxy) is 1. The van der Waals surface area contributed by atoms with E-state index in [0.29, 0.717) is 12.0 Å². The van der Waals surface area contributed by atoms with Crippen LogP contribution in [0.5, 0.6) is 0 Å². The highest BCUT2D eigenvalue weighted by atomic mass is 16.5. The third kappa shape index (κ3) is 3.08. The Morgan fingerprint density at radius 1 is 1.42 bits per heavy atom. The molecule has 24 heavy (non-hydrogen) atoms. The Morgan fingerprint density at radius 2 is 2.17 bits per heavy atom. The molecule has 1 aliphatic heterocycles. The summed E-state index contributed by atoms with van der Waals surface area (Å²) < 4.78 is 7.28. The number of hydrogen-bond donors (Lipinski definition) is 2.